The van der Waals surface area contributed by atoms with Crippen LogP contribution in [0.5, 0.6) is 0 Å². The summed E-state index contributed by atoms with van der Waals surface area (Å²) in [5.41, 5.74) is 3.19. The largest absolute Gasteiger partial charge is 0.287 e. The third kappa shape index (κ3) is 2.02. The predicted molar refractivity (Wildman–Crippen MR) is 72.6 cm³/mol. The van der Waals surface area contributed by atoms with Crippen molar-refractivity contribution in [3.8, 4) is 5.82 Å². The van der Waals surface area contributed by atoms with E-state index in [4.69, 9.17) is 23.2 Å². The first-order chi connectivity index (χ1) is 8.79. The summed E-state index contributed by atoms with van der Waals surface area (Å²) in [6.07, 6.45) is 6.43. The molecule has 3 rings (SSSR count). The van der Waals surface area contributed by atoms with Gasteiger partial charge in [-0.25, -0.2) is 9.97 Å². The van der Waals surface area contributed by atoms with Gasteiger partial charge in [0.15, 0.2) is 0 Å². The Morgan fingerprint density at radius 3 is 2.89 bits per heavy atom. The second kappa shape index (κ2) is 4.90. The van der Waals surface area contributed by atoms with Gasteiger partial charge in [-0.3, -0.25) is 4.57 Å². The molecule has 0 saturated carbocycles. The van der Waals surface area contributed by atoms with Crippen molar-refractivity contribution in [1.82, 2.24) is 14.5 Å². The molecule has 1 aliphatic carbocycles. The zero-order chi connectivity index (χ0) is 12.5. The summed E-state index contributed by atoms with van der Waals surface area (Å²) in [5.74, 6) is 1.18. The summed E-state index contributed by atoms with van der Waals surface area (Å²) in [6, 6.07) is 3.76. The highest BCUT2D eigenvalue weighted by molar-refractivity contribution is 6.32. The van der Waals surface area contributed by atoms with E-state index in [1.54, 1.807) is 0 Å². The number of rotatable bonds is 2. The van der Waals surface area contributed by atoms with Gasteiger partial charge in [0.2, 0.25) is 0 Å². The van der Waals surface area contributed by atoms with Crippen LogP contribution in [0.15, 0.2) is 18.5 Å². The predicted octanol–water partition coefficient (Wildman–Crippen LogP) is 3.54. The Bertz CT molecular complexity index is 578. The number of hydrogen-bond donors (Lipinski definition) is 0. The highest BCUT2D eigenvalue weighted by Crippen LogP contribution is 2.24. The van der Waals surface area contributed by atoms with E-state index < -0.39 is 0 Å². The fraction of sp³-hybridized carbons (Fsp3) is 0.385. The number of aryl methyl sites for hydroxylation is 1. The maximum Gasteiger partial charge on any atom is 0.138 e. The highest BCUT2D eigenvalue weighted by Gasteiger charge is 2.17. The average molecular weight is 282 g/mol. The third-order valence-electron chi connectivity index (χ3n) is 3.31. The summed E-state index contributed by atoms with van der Waals surface area (Å²) in [6.45, 7) is 0. The first kappa shape index (κ1) is 12.0. The van der Waals surface area contributed by atoms with Crippen LogP contribution in [0, 0.1) is 0 Å². The smallest absolute Gasteiger partial charge is 0.138 e. The number of nitrogens with zero attached hydrogens (tertiary/aromatic N) is 3. The quantitative estimate of drug-likeness (QED) is 0.789. The van der Waals surface area contributed by atoms with Crippen LogP contribution in [0.1, 0.15) is 29.9 Å². The number of imidazole rings is 1. The van der Waals surface area contributed by atoms with E-state index in [0.717, 1.165) is 18.7 Å². The second-order valence-electron chi connectivity index (χ2n) is 4.45. The lowest BCUT2D eigenvalue weighted by molar-refractivity contribution is 0.654. The Kier molecular flexibility index (Phi) is 3.27. The number of hydrogen-bond acceptors (Lipinski definition) is 2. The molecule has 2 heterocycles. The number of aromatic nitrogens is 3. The van der Waals surface area contributed by atoms with Crippen molar-refractivity contribution in [2.24, 2.45) is 0 Å². The van der Waals surface area contributed by atoms with Crippen molar-refractivity contribution in [2.75, 3.05) is 0 Å². The van der Waals surface area contributed by atoms with Gasteiger partial charge in [-0.2, -0.15) is 0 Å². The molecule has 0 fully saturated rings. The molecule has 0 bridgehead atoms. The molecule has 0 spiro atoms. The standard InChI is InChI=1S/C13H13Cl2N3/c14-7-11-9(15)5-6-13(17-11)18-8-16-10-3-1-2-4-12(10)18/h5-6,8H,1-4,7H2. The van der Waals surface area contributed by atoms with Crippen LogP contribution in [0.2, 0.25) is 5.02 Å². The van der Waals surface area contributed by atoms with Crippen LogP contribution in [-0.4, -0.2) is 14.5 Å². The summed E-state index contributed by atoms with van der Waals surface area (Å²) in [5, 5.41) is 0.614. The first-order valence-corrected chi connectivity index (χ1v) is 6.97. The van der Waals surface area contributed by atoms with Crippen LogP contribution >= 0.6 is 23.2 Å². The minimum absolute atomic E-state index is 0.323. The molecule has 0 aromatic carbocycles. The zero-order valence-corrected chi connectivity index (χ0v) is 11.4. The molecule has 2 aromatic rings. The Hall–Kier alpha value is -1.06. The SMILES string of the molecule is ClCc1nc(-n2cnc3c2CCCC3)ccc1Cl. The van der Waals surface area contributed by atoms with E-state index in [0.29, 0.717) is 16.6 Å². The Morgan fingerprint density at radius 2 is 2.06 bits per heavy atom. The monoisotopic (exact) mass is 281 g/mol. The van der Waals surface area contributed by atoms with Crippen molar-refractivity contribution >= 4 is 23.2 Å². The molecule has 0 atom stereocenters. The molecule has 5 heteroatoms. The van der Waals surface area contributed by atoms with Gasteiger partial charge in [-0.15, -0.1) is 11.6 Å². The molecule has 3 nitrogen and oxygen atoms in total. The minimum atomic E-state index is 0.323. The fourth-order valence-electron chi connectivity index (χ4n) is 2.37. The summed E-state index contributed by atoms with van der Waals surface area (Å²) < 4.78 is 2.06. The molecule has 0 unspecified atom stereocenters. The van der Waals surface area contributed by atoms with Crippen LogP contribution in [0.25, 0.3) is 5.82 Å². The van der Waals surface area contributed by atoms with Crippen molar-refractivity contribution in [3.05, 3.63) is 40.6 Å². The molecular weight excluding hydrogens is 269 g/mol. The lowest BCUT2D eigenvalue weighted by Crippen LogP contribution is -2.08. The number of pyridine rings is 1. The lowest BCUT2D eigenvalue weighted by Gasteiger charge is -2.14. The average Bonchev–Trinajstić information content (AvgIpc) is 2.83. The van der Waals surface area contributed by atoms with E-state index in [1.165, 1.54) is 24.2 Å². The second-order valence-corrected chi connectivity index (χ2v) is 5.12. The maximum absolute atomic E-state index is 6.03. The maximum atomic E-state index is 6.03. The van der Waals surface area contributed by atoms with Crippen LogP contribution in [-0.2, 0) is 18.7 Å². The summed E-state index contributed by atoms with van der Waals surface area (Å²) in [4.78, 5) is 8.97. The van der Waals surface area contributed by atoms with Crippen molar-refractivity contribution in [1.29, 1.82) is 0 Å². The van der Waals surface area contributed by atoms with E-state index in [-0.39, 0.29) is 0 Å². The molecular formula is C13H13Cl2N3. The van der Waals surface area contributed by atoms with Crippen LogP contribution in [0.4, 0.5) is 0 Å². The Morgan fingerprint density at radius 1 is 1.22 bits per heavy atom. The van der Waals surface area contributed by atoms with E-state index in [2.05, 4.69) is 14.5 Å². The Balaban J connectivity index is 2.07. The van der Waals surface area contributed by atoms with Crippen molar-refractivity contribution in [2.45, 2.75) is 31.6 Å². The van der Waals surface area contributed by atoms with E-state index in [9.17, 15) is 0 Å². The number of fused-ring (bicyclic) bond motifs is 1. The highest BCUT2D eigenvalue weighted by atomic mass is 35.5. The molecule has 94 valence electrons. The molecule has 0 saturated heterocycles. The van der Waals surface area contributed by atoms with Gasteiger partial charge in [0.1, 0.15) is 12.1 Å². The minimum Gasteiger partial charge on any atom is -0.287 e. The molecule has 0 N–H and O–H groups in total. The molecule has 1 aliphatic rings. The number of alkyl halides is 1. The van der Waals surface area contributed by atoms with Gasteiger partial charge in [0, 0.05) is 5.69 Å². The van der Waals surface area contributed by atoms with E-state index in [1.807, 2.05) is 18.5 Å². The molecule has 0 radical (unpaired) electrons. The van der Waals surface area contributed by atoms with E-state index >= 15 is 0 Å². The van der Waals surface area contributed by atoms with Crippen molar-refractivity contribution < 1.29 is 0 Å². The van der Waals surface area contributed by atoms with Gasteiger partial charge < -0.3 is 0 Å². The zero-order valence-electron chi connectivity index (χ0n) is 9.87. The third-order valence-corrected chi connectivity index (χ3v) is 3.90. The lowest BCUT2D eigenvalue weighted by atomic mass is 10.0. The van der Waals surface area contributed by atoms with Gasteiger partial charge >= 0.3 is 0 Å². The topological polar surface area (TPSA) is 30.7 Å². The normalized spacial score (nSPS) is 14.6. The van der Waals surface area contributed by atoms with Gasteiger partial charge in [0.25, 0.3) is 0 Å². The Labute approximate surface area is 116 Å². The van der Waals surface area contributed by atoms with Crippen LogP contribution in [0.3, 0.4) is 0 Å². The fourth-order valence-corrected chi connectivity index (χ4v) is 2.81. The number of halogens is 2. The molecule has 0 amide bonds. The van der Waals surface area contributed by atoms with Crippen molar-refractivity contribution in [3.63, 3.8) is 0 Å². The molecule has 18 heavy (non-hydrogen) atoms. The molecule has 0 aliphatic heterocycles. The summed E-state index contributed by atoms with van der Waals surface area (Å²) >= 11 is 11.9. The van der Waals surface area contributed by atoms with Gasteiger partial charge in [-0.1, -0.05) is 11.6 Å². The van der Waals surface area contributed by atoms with Crippen LogP contribution < -0.4 is 0 Å². The molecule has 2 aromatic heterocycles. The summed E-state index contributed by atoms with van der Waals surface area (Å²) in [7, 11) is 0. The van der Waals surface area contributed by atoms with Gasteiger partial charge in [0.05, 0.1) is 22.3 Å². The van der Waals surface area contributed by atoms with Gasteiger partial charge in [-0.05, 0) is 37.8 Å². The first-order valence-electron chi connectivity index (χ1n) is 6.06.